The second-order valence-corrected chi connectivity index (χ2v) is 30.7. The highest BCUT2D eigenvalue weighted by Gasteiger charge is 2.54. The molecule has 6 aromatic carbocycles. The van der Waals surface area contributed by atoms with E-state index in [1.165, 1.54) is 89.2 Å². The number of urea groups is 3. The van der Waals surface area contributed by atoms with Crippen LogP contribution in [0.4, 0.5) is 25.8 Å². The first kappa shape index (κ1) is 83.2. The number of hydrogen-bond acceptors (Lipinski definition) is 24. The van der Waals surface area contributed by atoms with Gasteiger partial charge < -0.3 is 74.5 Å². The molecule has 0 radical (unpaired) electrons. The van der Waals surface area contributed by atoms with Gasteiger partial charge in [-0.1, -0.05) is 12.1 Å². The Kier molecular flexibility index (Phi) is 31.3. The van der Waals surface area contributed by atoms with Gasteiger partial charge in [0.05, 0.1) is 55.8 Å². The zero-order valence-corrected chi connectivity index (χ0v) is 61.2. The van der Waals surface area contributed by atoms with Crippen molar-refractivity contribution in [2.45, 2.75) is 93.8 Å². The lowest BCUT2D eigenvalue weighted by molar-refractivity contribution is -0.135. The molecule has 9 amide bonds. The van der Waals surface area contributed by atoms with Crippen molar-refractivity contribution in [3.8, 4) is 34.5 Å². The Morgan fingerprint density at radius 2 is 0.764 bits per heavy atom. The minimum Gasteiger partial charge on any atom is -0.497 e. The van der Waals surface area contributed by atoms with Gasteiger partial charge in [-0.3, -0.25) is 30.0 Å². The Labute approximate surface area is 613 Å². The van der Waals surface area contributed by atoms with Crippen LogP contribution in [0.3, 0.4) is 0 Å². The van der Waals surface area contributed by atoms with Gasteiger partial charge in [-0.05, 0) is 197 Å². The monoisotopic (exact) mass is 1540 g/mol. The lowest BCUT2D eigenvalue weighted by Crippen LogP contribution is -2.54. The van der Waals surface area contributed by atoms with Crippen molar-refractivity contribution >= 4 is 76.7 Å². The molecule has 12 N–H and O–H groups in total. The fourth-order valence-electron chi connectivity index (χ4n) is 11.3. The number of sulfone groups is 3. The van der Waals surface area contributed by atoms with E-state index in [0.717, 1.165) is 11.1 Å². The minimum absolute atomic E-state index is 0.0486. The van der Waals surface area contributed by atoms with Crippen LogP contribution in [-0.4, -0.2) is 191 Å². The second kappa shape index (κ2) is 39.9. The van der Waals surface area contributed by atoms with Crippen LogP contribution in [-0.2, 0) is 64.7 Å². The molecule has 0 aromatic heterocycles. The summed E-state index contributed by atoms with van der Waals surface area (Å²) in [6.07, 6.45) is 0.691. The van der Waals surface area contributed by atoms with E-state index in [0.29, 0.717) is 91.6 Å². The van der Waals surface area contributed by atoms with Crippen molar-refractivity contribution in [2.24, 2.45) is 0 Å². The van der Waals surface area contributed by atoms with Gasteiger partial charge in [-0.15, -0.1) is 0 Å². The quantitative estimate of drug-likeness (QED) is 0.0141. The molecule has 3 aliphatic heterocycles. The summed E-state index contributed by atoms with van der Waals surface area (Å²) in [5.74, 6) is 0.481. The summed E-state index contributed by atoms with van der Waals surface area (Å²) in [4.78, 5) is 72.8. The Morgan fingerprint density at radius 1 is 0.406 bits per heavy atom. The topological polar surface area (TPSA) is 457 Å². The van der Waals surface area contributed by atoms with Crippen molar-refractivity contribution in [1.82, 2.24) is 37.7 Å². The first-order valence-corrected chi connectivity index (χ1v) is 37.9. The van der Waals surface area contributed by atoms with Gasteiger partial charge in [0.15, 0.2) is 43.8 Å². The molecule has 0 spiro atoms. The number of anilines is 2. The number of nitrogens with one attached hydrogen (secondary N) is 9. The molecule has 9 rings (SSSR count). The first-order valence-electron chi connectivity index (χ1n) is 33.4. The van der Waals surface area contributed by atoms with Crippen LogP contribution in [0.1, 0.15) is 62.5 Å². The first-order chi connectivity index (χ1) is 50.9. The smallest absolute Gasteiger partial charge is 0.319 e. The van der Waals surface area contributed by atoms with Crippen molar-refractivity contribution in [1.29, 1.82) is 0 Å². The fourth-order valence-corrected chi connectivity index (χ4v) is 17.1. The molecule has 576 valence electrons. The molecular weight excluding hydrogens is 1450 g/mol. The summed E-state index contributed by atoms with van der Waals surface area (Å²) in [6.45, 7) is 4.49. The van der Waals surface area contributed by atoms with E-state index in [1.54, 1.807) is 57.7 Å². The standard InChI is InChI=1S/C24H31N3O8S.2C23H29N3O8S/c1-17-16-19(33-2)6-9-21(17)26-23(29)25-12-3-13-35-18-4-7-20(8-5-18)36(31,32)24(22(28)27-30)10-14-34-15-11-24;1-32-18-5-3-17(4-6-18)25-22(28)24-13-2-14-34-19-7-9-20(10-8-19)35(30,31)23(21(27)26-29)11-15-33-16-12-23;1-32-19-4-2-3-17(15-19)16-25-22(28)24-11-14-34-18-5-7-20(8-6-18)35(30,31)23(21(27)26-29)9-12-33-13-10-23/h4-9,16,30H,3,10-15H2,1-2H3,(H,27,28)(H2,25,26,29);3-10,29H,2,11-16H2,1H3,(H,26,27)(H2,24,25,28);2-8,15,29H,9-14,16H2,1H3,(H,26,27)(H2,24,25,28). The van der Waals surface area contributed by atoms with Crippen LogP contribution in [0.2, 0.25) is 0 Å². The van der Waals surface area contributed by atoms with E-state index in [9.17, 15) is 54.0 Å². The summed E-state index contributed by atoms with van der Waals surface area (Å²) in [7, 11) is -7.57. The van der Waals surface area contributed by atoms with Crippen LogP contribution in [0.25, 0.3) is 0 Å². The largest absolute Gasteiger partial charge is 0.497 e. The van der Waals surface area contributed by atoms with Gasteiger partial charge in [0.2, 0.25) is 0 Å². The number of hydroxylamine groups is 3. The van der Waals surface area contributed by atoms with Gasteiger partial charge in [-0.25, -0.2) is 56.1 Å². The van der Waals surface area contributed by atoms with Crippen LogP contribution >= 0.6 is 0 Å². The number of hydrogen-bond donors (Lipinski definition) is 12. The molecular formula is C70H89N9O24S3. The van der Waals surface area contributed by atoms with Gasteiger partial charge >= 0.3 is 18.1 Å². The summed E-state index contributed by atoms with van der Waals surface area (Å²) >= 11 is 0. The molecule has 3 fully saturated rings. The molecule has 3 saturated heterocycles. The van der Waals surface area contributed by atoms with Crippen LogP contribution < -0.4 is 76.8 Å². The maximum absolute atomic E-state index is 13.2. The summed E-state index contributed by atoms with van der Waals surface area (Å²) in [5, 5.41) is 43.7. The van der Waals surface area contributed by atoms with Gasteiger partial charge in [0, 0.05) is 70.7 Å². The summed E-state index contributed by atoms with van der Waals surface area (Å²) in [6, 6.07) is 35.7. The van der Waals surface area contributed by atoms with Gasteiger partial charge in [0.25, 0.3) is 17.7 Å². The van der Waals surface area contributed by atoms with Gasteiger partial charge in [-0.2, -0.15) is 0 Å². The highest BCUT2D eigenvalue weighted by molar-refractivity contribution is 7.94. The lowest BCUT2D eigenvalue weighted by Gasteiger charge is -2.34. The fraction of sp³-hybridized carbons (Fsp3) is 0.400. The maximum atomic E-state index is 13.2. The summed E-state index contributed by atoms with van der Waals surface area (Å²) in [5.41, 5.74) is 7.55. The third-order valence-electron chi connectivity index (χ3n) is 17.4. The number of methoxy groups -OCH3 is 3. The molecule has 0 unspecified atom stereocenters. The van der Waals surface area contributed by atoms with E-state index in [2.05, 4.69) is 31.9 Å². The Bertz CT molecular complexity index is 4240. The second-order valence-electron chi connectivity index (χ2n) is 24.0. The predicted octanol–water partition coefficient (Wildman–Crippen LogP) is 5.94. The third-order valence-corrected chi connectivity index (χ3v) is 25.0. The number of carbonyl (C=O) groups is 6. The van der Waals surface area contributed by atoms with E-state index in [-0.39, 0.29) is 124 Å². The minimum atomic E-state index is -4.10. The number of rotatable bonds is 30. The average Bonchev–Trinajstić information content (AvgIpc) is 0.762. The van der Waals surface area contributed by atoms with Crippen molar-refractivity contribution in [3.63, 3.8) is 0 Å². The SMILES string of the molecule is COc1ccc(NC(=O)NCCCOc2ccc(S(=O)(=O)C3(C(=O)NO)CCOCC3)cc2)c(C)c1.COc1ccc(NC(=O)NCCCOc2ccc(S(=O)(=O)C3(C(=O)NO)CCOCC3)cc2)cc1.COc1cccc(CNC(=O)NCCOc2ccc(S(=O)(=O)C3(C(=O)NO)CCOCC3)cc2)c1. The van der Waals surface area contributed by atoms with E-state index >= 15 is 0 Å². The number of ether oxygens (including phenoxy) is 9. The average molecular weight is 1540 g/mol. The third kappa shape index (κ3) is 21.6. The van der Waals surface area contributed by atoms with Crippen molar-refractivity contribution in [2.75, 3.05) is 111 Å². The Morgan fingerprint density at radius 3 is 1.15 bits per heavy atom. The number of amides is 9. The number of carbonyl (C=O) groups excluding carboxylic acids is 6. The molecule has 6 aromatic rings. The Hall–Kier alpha value is -10.1. The zero-order valence-electron chi connectivity index (χ0n) is 58.8. The maximum Gasteiger partial charge on any atom is 0.319 e. The highest BCUT2D eigenvalue weighted by Crippen LogP contribution is 2.39. The van der Waals surface area contributed by atoms with Crippen molar-refractivity contribution in [3.05, 3.63) is 151 Å². The van der Waals surface area contributed by atoms with Gasteiger partial charge in [0.1, 0.15) is 41.1 Å². The van der Waals surface area contributed by atoms with Crippen LogP contribution in [0, 0.1) is 6.92 Å². The molecule has 3 aliphatic rings. The normalized spacial score (nSPS) is 15.0. The molecule has 0 atom stereocenters. The molecule has 106 heavy (non-hydrogen) atoms. The van der Waals surface area contributed by atoms with E-state index in [1.807, 2.05) is 37.3 Å². The van der Waals surface area contributed by atoms with Crippen LogP contribution in [0.15, 0.2) is 154 Å². The van der Waals surface area contributed by atoms with Crippen LogP contribution in [0.5, 0.6) is 34.5 Å². The molecule has 33 nitrogen and oxygen atoms in total. The zero-order chi connectivity index (χ0) is 76.8. The number of benzene rings is 6. The molecule has 3 heterocycles. The van der Waals surface area contributed by atoms with E-state index < -0.39 is 61.5 Å². The molecule has 36 heteroatoms. The molecule has 0 bridgehead atoms. The molecule has 0 saturated carbocycles. The van der Waals surface area contributed by atoms with Crippen molar-refractivity contribution < 1.29 is 112 Å². The summed E-state index contributed by atoms with van der Waals surface area (Å²) < 4.78 is 122. The molecule has 0 aliphatic carbocycles. The predicted molar refractivity (Wildman–Crippen MR) is 383 cm³/mol. The highest BCUT2D eigenvalue weighted by atomic mass is 32.2. The number of aryl methyl sites for hydroxylation is 1. The van der Waals surface area contributed by atoms with E-state index in [4.69, 9.17) is 58.3 Å². The lowest BCUT2D eigenvalue weighted by atomic mass is 9.98. The Balaban J connectivity index is 0.000000222.